The highest BCUT2D eigenvalue weighted by molar-refractivity contribution is 5.92. The SMILES string of the molecule is CCCCNC(=O)C(c1ccccc1)N(C(=O)C(C)NC(=O)OC(C)(C)C)C(C)C. The predicted octanol–water partition coefficient (Wildman–Crippen LogP) is 3.79. The molecule has 2 N–H and O–H groups in total. The summed E-state index contributed by atoms with van der Waals surface area (Å²) < 4.78 is 5.26. The van der Waals surface area contributed by atoms with Crippen LogP contribution in [0.2, 0.25) is 0 Å². The van der Waals surface area contributed by atoms with E-state index in [1.165, 1.54) is 4.90 Å². The number of nitrogens with one attached hydrogen (secondary N) is 2. The lowest BCUT2D eigenvalue weighted by Gasteiger charge is -2.36. The van der Waals surface area contributed by atoms with E-state index in [4.69, 9.17) is 4.74 Å². The summed E-state index contributed by atoms with van der Waals surface area (Å²) >= 11 is 0. The van der Waals surface area contributed by atoms with Crippen molar-refractivity contribution in [2.45, 2.75) is 85.0 Å². The molecular formula is C23H37N3O4. The van der Waals surface area contributed by atoms with Gasteiger partial charge in [0.15, 0.2) is 0 Å². The van der Waals surface area contributed by atoms with E-state index >= 15 is 0 Å². The maximum atomic E-state index is 13.3. The number of ether oxygens (including phenoxy) is 1. The summed E-state index contributed by atoms with van der Waals surface area (Å²) in [6, 6.07) is 7.30. The molecule has 0 fully saturated rings. The molecular weight excluding hydrogens is 382 g/mol. The fourth-order valence-corrected chi connectivity index (χ4v) is 3.01. The Morgan fingerprint density at radius 3 is 2.17 bits per heavy atom. The smallest absolute Gasteiger partial charge is 0.408 e. The second-order valence-electron chi connectivity index (χ2n) is 8.66. The Hall–Kier alpha value is -2.57. The van der Waals surface area contributed by atoms with E-state index in [-0.39, 0.29) is 17.9 Å². The second kappa shape index (κ2) is 11.6. The highest BCUT2D eigenvalue weighted by Crippen LogP contribution is 2.24. The monoisotopic (exact) mass is 419 g/mol. The van der Waals surface area contributed by atoms with Crippen LogP contribution in [-0.2, 0) is 14.3 Å². The molecule has 0 aliphatic rings. The Balaban J connectivity index is 3.13. The van der Waals surface area contributed by atoms with Crippen LogP contribution in [-0.4, -0.2) is 47.0 Å². The Bertz CT molecular complexity index is 698. The second-order valence-corrected chi connectivity index (χ2v) is 8.66. The number of amides is 3. The molecule has 0 spiro atoms. The summed E-state index contributed by atoms with van der Waals surface area (Å²) in [7, 11) is 0. The Morgan fingerprint density at radius 1 is 1.07 bits per heavy atom. The molecule has 0 saturated heterocycles. The average molecular weight is 420 g/mol. The Labute approximate surface area is 180 Å². The zero-order valence-corrected chi connectivity index (χ0v) is 19.3. The van der Waals surface area contributed by atoms with E-state index in [1.54, 1.807) is 27.7 Å². The summed E-state index contributed by atoms with van der Waals surface area (Å²) in [4.78, 5) is 40.1. The van der Waals surface area contributed by atoms with E-state index < -0.39 is 23.8 Å². The number of nitrogens with zero attached hydrogens (tertiary/aromatic N) is 1. The molecule has 2 unspecified atom stereocenters. The van der Waals surface area contributed by atoms with Crippen molar-refractivity contribution in [2.75, 3.05) is 6.54 Å². The molecule has 1 aromatic carbocycles. The third-order valence-electron chi connectivity index (χ3n) is 4.39. The summed E-state index contributed by atoms with van der Waals surface area (Å²) in [5.41, 5.74) is 0.0501. The molecule has 168 valence electrons. The predicted molar refractivity (Wildman–Crippen MR) is 118 cm³/mol. The van der Waals surface area contributed by atoms with E-state index in [1.807, 2.05) is 44.2 Å². The van der Waals surface area contributed by atoms with Gasteiger partial charge in [0.05, 0.1) is 0 Å². The molecule has 7 nitrogen and oxygen atoms in total. The third-order valence-corrected chi connectivity index (χ3v) is 4.39. The topological polar surface area (TPSA) is 87.7 Å². The van der Waals surface area contributed by atoms with Crippen LogP contribution in [0.3, 0.4) is 0 Å². The fourth-order valence-electron chi connectivity index (χ4n) is 3.01. The van der Waals surface area contributed by atoms with E-state index in [2.05, 4.69) is 17.6 Å². The van der Waals surface area contributed by atoms with Crippen molar-refractivity contribution in [1.29, 1.82) is 0 Å². The molecule has 0 aliphatic carbocycles. The Kier molecular flexibility index (Phi) is 9.82. The summed E-state index contributed by atoms with van der Waals surface area (Å²) in [6.45, 7) is 13.2. The molecule has 0 radical (unpaired) electrons. The normalized spacial score (nSPS) is 13.3. The third kappa shape index (κ3) is 8.05. The molecule has 1 rings (SSSR count). The highest BCUT2D eigenvalue weighted by atomic mass is 16.6. The molecule has 3 amide bonds. The summed E-state index contributed by atoms with van der Waals surface area (Å²) in [6.07, 6.45) is 1.15. The van der Waals surface area contributed by atoms with Gasteiger partial charge in [-0.3, -0.25) is 9.59 Å². The number of alkyl carbamates (subject to hydrolysis) is 1. The van der Waals surface area contributed by atoms with Gasteiger partial charge in [-0.25, -0.2) is 4.79 Å². The van der Waals surface area contributed by atoms with Gasteiger partial charge in [0, 0.05) is 12.6 Å². The first-order valence-electron chi connectivity index (χ1n) is 10.6. The molecule has 1 aromatic rings. The van der Waals surface area contributed by atoms with Crippen LogP contribution < -0.4 is 10.6 Å². The van der Waals surface area contributed by atoms with Crippen LogP contribution in [0.4, 0.5) is 4.79 Å². The van der Waals surface area contributed by atoms with Crippen molar-refractivity contribution in [3.05, 3.63) is 35.9 Å². The maximum Gasteiger partial charge on any atom is 0.408 e. The van der Waals surface area contributed by atoms with Gasteiger partial charge in [-0.1, -0.05) is 43.7 Å². The average Bonchev–Trinajstić information content (AvgIpc) is 2.64. The van der Waals surface area contributed by atoms with Gasteiger partial charge in [0.2, 0.25) is 11.8 Å². The number of rotatable bonds is 9. The van der Waals surface area contributed by atoms with Gasteiger partial charge in [0.25, 0.3) is 0 Å². The molecule has 2 atom stereocenters. The molecule has 30 heavy (non-hydrogen) atoms. The van der Waals surface area contributed by atoms with Crippen molar-refractivity contribution < 1.29 is 19.1 Å². The van der Waals surface area contributed by atoms with Crippen molar-refractivity contribution in [2.24, 2.45) is 0 Å². The highest BCUT2D eigenvalue weighted by Gasteiger charge is 2.36. The zero-order valence-electron chi connectivity index (χ0n) is 19.3. The van der Waals surface area contributed by atoms with Crippen LogP contribution in [0.5, 0.6) is 0 Å². The van der Waals surface area contributed by atoms with Crippen LogP contribution in [0, 0.1) is 0 Å². The van der Waals surface area contributed by atoms with E-state index in [0.29, 0.717) is 6.54 Å². The minimum absolute atomic E-state index is 0.235. The van der Waals surface area contributed by atoms with Crippen LogP contribution in [0.1, 0.15) is 72.9 Å². The van der Waals surface area contributed by atoms with Crippen LogP contribution >= 0.6 is 0 Å². The lowest BCUT2D eigenvalue weighted by atomic mass is 10.0. The van der Waals surface area contributed by atoms with Gasteiger partial charge in [0.1, 0.15) is 17.7 Å². The number of hydrogen-bond acceptors (Lipinski definition) is 4. The summed E-state index contributed by atoms with van der Waals surface area (Å²) in [5.74, 6) is -0.587. The van der Waals surface area contributed by atoms with Crippen molar-refractivity contribution in [3.8, 4) is 0 Å². The van der Waals surface area contributed by atoms with Gasteiger partial charge in [-0.15, -0.1) is 0 Å². The summed E-state index contributed by atoms with van der Waals surface area (Å²) in [5, 5.41) is 5.52. The lowest BCUT2D eigenvalue weighted by Crippen LogP contribution is -2.54. The van der Waals surface area contributed by atoms with Gasteiger partial charge in [-0.2, -0.15) is 0 Å². The Morgan fingerprint density at radius 2 is 1.67 bits per heavy atom. The minimum atomic E-state index is -0.850. The maximum absolute atomic E-state index is 13.3. The van der Waals surface area contributed by atoms with E-state index in [9.17, 15) is 14.4 Å². The number of carbonyl (C=O) groups excluding carboxylic acids is 3. The number of benzene rings is 1. The van der Waals surface area contributed by atoms with Gasteiger partial charge < -0.3 is 20.3 Å². The number of unbranched alkanes of at least 4 members (excludes halogenated alkanes) is 1. The van der Waals surface area contributed by atoms with Crippen molar-refractivity contribution >= 4 is 17.9 Å². The number of hydrogen-bond donors (Lipinski definition) is 2. The quantitative estimate of drug-likeness (QED) is 0.596. The van der Waals surface area contributed by atoms with Gasteiger partial charge in [-0.05, 0) is 53.5 Å². The fraction of sp³-hybridized carbons (Fsp3) is 0.609. The number of carbonyl (C=O) groups is 3. The largest absolute Gasteiger partial charge is 0.444 e. The lowest BCUT2D eigenvalue weighted by molar-refractivity contribution is -0.144. The van der Waals surface area contributed by atoms with Crippen LogP contribution in [0.15, 0.2) is 30.3 Å². The molecule has 0 saturated carbocycles. The molecule has 0 aromatic heterocycles. The van der Waals surface area contributed by atoms with Crippen molar-refractivity contribution in [3.63, 3.8) is 0 Å². The van der Waals surface area contributed by atoms with Gasteiger partial charge >= 0.3 is 6.09 Å². The molecule has 0 heterocycles. The molecule has 0 aliphatic heterocycles. The first-order chi connectivity index (χ1) is 14.0. The van der Waals surface area contributed by atoms with Crippen molar-refractivity contribution in [1.82, 2.24) is 15.5 Å². The molecule has 0 bridgehead atoms. The first kappa shape index (κ1) is 25.5. The molecule has 7 heteroatoms. The standard InChI is InChI=1S/C23H37N3O4/c1-8-9-15-24-20(27)19(18-13-11-10-12-14-18)26(16(2)3)21(28)17(4)25-22(29)30-23(5,6)7/h10-14,16-17,19H,8-9,15H2,1-7H3,(H,24,27)(H,25,29). The zero-order chi connectivity index (χ0) is 22.9. The minimum Gasteiger partial charge on any atom is -0.444 e. The first-order valence-corrected chi connectivity index (χ1v) is 10.6. The van der Waals surface area contributed by atoms with Crippen LogP contribution in [0.25, 0.3) is 0 Å². The van der Waals surface area contributed by atoms with E-state index in [0.717, 1.165) is 18.4 Å².